The summed E-state index contributed by atoms with van der Waals surface area (Å²) in [5.74, 6) is -1.36. The number of anilines is 1. The summed E-state index contributed by atoms with van der Waals surface area (Å²) in [6.45, 7) is 2.32. The molecule has 0 aromatic heterocycles. The molecule has 29 heavy (non-hydrogen) atoms. The zero-order valence-corrected chi connectivity index (χ0v) is 16.9. The van der Waals surface area contributed by atoms with Crippen LogP contribution in [0.1, 0.15) is 42.1 Å². The lowest BCUT2D eigenvalue weighted by Crippen LogP contribution is -2.23. The van der Waals surface area contributed by atoms with E-state index in [1.165, 1.54) is 24.3 Å². The average Bonchev–Trinajstić information content (AvgIpc) is 3.12. The molecule has 2 aromatic rings. The molecule has 1 N–H and O–H groups in total. The summed E-state index contributed by atoms with van der Waals surface area (Å²) in [6.07, 6.45) is 2.45. The van der Waals surface area contributed by atoms with Crippen LogP contribution in [0.15, 0.2) is 53.4 Å². The lowest BCUT2D eigenvalue weighted by Gasteiger charge is -2.11. The summed E-state index contributed by atoms with van der Waals surface area (Å²) < 4.78 is 37.8. The number of rotatable bonds is 8. The summed E-state index contributed by atoms with van der Waals surface area (Å²) in [7, 11) is -3.89. The second kappa shape index (κ2) is 9.09. The third kappa shape index (κ3) is 5.35. The van der Waals surface area contributed by atoms with Crippen molar-refractivity contribution in [2.24, 2.45) is 0 Å². The highest BCUT2D eigenvalue weighted by Gasteiger charge is 2.30. The third-order valence-corrected chi connectivity index (χ3v) is 5.92. The molecule has 8 heteroatoms. The van der Waals surface area contributed by atoms with E-state index in [1.54, 1.807) is 12.1 Å². The van der Waals surface area contributed by atoms with Gasteiger partial charge in [0.2, 0.25) is 6.10 Å². The molecule has 1 atom stereocenters. The standard InChI is InChI=1S/C21H23NO6S/c1-2-3-5-15-8-10-17(11-9-15)22-29(25,26)18-7-4-6-16(14-18)20(23)28-19-12-13-27-21(19)24/h4,6-11,14,19,22H,2-3,5,12-13H2,1H3/t19-/m0/s1. The Morgan fingerprint density at radius 3 is 2.62 bits per heavy atom. The van der Waals surface area contributed by atoms with Gasteiger partial charge in [-0.1, -0.05) is 31.5 Å². The molecular weight excluding hydrogens is 394 g/mol. The minimum absolute atomic E-state index is 0.0440. The van der Waals surface area contributed by atoms with E-state index in [9.17, 15) is 18.0 Å². The van der Waals surface area contributed by atoms with Crippen LogP contribution in [0.25, 0.3) is 0 Å². The second-order valence-electron chi connectivity index (χ2n) is 6.78. The van der Waals surface area contributed by atoms with Crippen molar-refractivity contribution < 1.29 is 27.5 Å². The van der Waals surface area contributed by atoms with Gasteiger partial charge in [-0.15, -0.1) is 0 Å². The first-order chi connectivity index (χ1) is 13.9. The molecular formula is C21H23NO6S. The summed E-state index contributed by atoms with van der Waals surface area (Å²) in [6, 6.07) is 12.7. The molecule has 154 valence electrons. The van der Waals surface area contributed by atoms with Crippen molar-refractivity contribution in [1.82, 2.24) is 0 Å². The van der Waals surface area contributed by atoms with Crippen molar-refractivity contribution in [3.8, 4) is 0 Å². The molecule has 3 rings (SSSR count). The van der Waals surface area contributed by atoms with Gasteiger partial charge in [-0.3, -0.25) is 4.72 Å². The summed E-state index contributed by atoms with van der Waals surface area (Å²) >= 11 is 0. The fraction of sp³-hybridized carbons (Fsp3) is 0.333. The predicted octanol–water partition coefficient (Wildman–Crippen LogP) is 3.30. The SMILES string of the molecule is CCCCc1ccc(NS(=O)(=O)c2cccc(C(=O)O[C@H]3CCOC3=O)c2)cc1. The lowest BCUT2D eigenvalue weighted by molar-refractivity contribution is -0.145. The first-order valence-electron chi connectivity index (χ1n) is 9.48. The van der Waals surface area contributed by atoms with Crippen LogP contribution in [0, 0.1) is 0 Å². The van der Waals surface area contributed by atoms with Gasteiger partial charge in [0.05, 0.1) is 17.1 Å². The van der Waals surface area contributed by atoms with E-state index in [4.69, 9.17) is 9.47 Å². The summed E-state index contributed by atoms with van der Waals surface area (Å²) in [5.41, 5.74) is 1.62. The first-order valence-corrected chi connectivity index (χ1v) is 11.0. The zero-order chi connectivity index (χ0) is 20.9. The largest absolute Gasteiger partial charge is 0.463 e. The fourth-order valence-corrected chi connectivity index (χ4v) is 4.01. The fourth-order valence-electron chi connectivity index (χ4n) is 2.91. The van der Waals surface area contributed by atoms with E-state index < -0.39 is 28.1 Å². The molecule has 0 unspecified atom stereocenters. The Labute approximate surface area is 170 Å². The monoisotopic (exact) mass is 417 g/mol. The Morgan fingerprint density at radius 1 is 1.21 bits per heavy atom. The number of ether oxygens (including phenoxy) is 2. The van der Waals surface area contributed by atoms with E-state index in [2.05, 4.69) is 11.6 Å². The number of aryl methyl sites for hydroxylation is 1. The summed E-state index contributed by atoms with van der Waals surface area (Å²) in [5, 5.41) is 0. The number of hydrogen-bond donors (Lipinski definition) is 1. The molecule has 1 saturated heterocycles. The number of esters is 2. The number of nitrogens with one attached hydrogen (secondary N) is 1. The van der Waals surface area contributed by atoms with Gasteiger partial charge in [0.1, 0.15) is 0 Å². The highest BCUT2D eigenvalue weighted by atomic mass is 32.2. The number of sulfonamides is 1. The number of unbranched alkanes of at least 4 members (excludes halogenated alkanes) is 1. The predicted molar refractivity (Wildman–Crippen MR) is 107 cm³/mol. The first kappa shape index (κ1) is 20.9. The van der Waals surface area contributed by atoms with Crippen molar-refractivity contribution in [3.05, 3.63) is 59.7 Å². The van der Waals surface area contributed by atoms with Crippen LogP contribution in [0.2, 0.25) is 0 Å². The molecule has 0 aliphatic carbocycles. The van der Waals surface area contributed by atoms with Crippen LogP contribution in [-0.4, -0.2) is 33.1 Å². The van der Waals surface area contributed by atoms with Gasteiger partial charge in [0, 0.05) is 12.1 Å². The molecule has 0 amide bonds. The Kier molecular flexibility index (Phi) is 6.53. The molecule has 1 fully saturated rings. The third-order valence-electron chi connectivity index (χ3n) is 4.54. The van der Waals surface area contributed by atoms with Gasteiger partial charge in [-0.25, -0.2) is 18.0 Å². The van der Waals surface area contributed by atoms with Crippen LogP contribution in [0.3, 0.4) is 0 Å². The van der Waals surface area contributed by atoms with E-state index in [-0.39, 0.29) is 17.1 Å². The second-order valence-corrected chi connectivity index (χ2v) is 8.47. The Morgan fingerprint density at radius 2 is 1.97 bits per heavy atom. The van der Waals surface area contributed by atoms with Crippen molar-refractivity contribution in [1.29, 1.82) is 0 Å². The molecule has 1 heterocycles. The van der Waals surface area contributed by atoms with E-state index in [1.807, 2.05) is 12.1 Å². The average molecular weight is 417 g/mol. The van der Waals surface area contributed by atoms with Crippen molar-refractivity contribution in [2.75, 3.05) is 11.3 Å². The quantitative estimate of drug-likeness (QED) is 0.662. The Bertz CT molecular complexity index is 984. The van der Waals surface area contributed by atoms with E-state index in [0.717, 1.165) is 24.8 Å². The highest BCUT2D eigenvalue weighted by Crippen LogP contribution is 2.20. The molecule has 0 bridgehead atoms. The number of hydrogen-bond acceptors (Lipinski definition) is 6. The lowest BCUT2D eigenvalue weighted by atomic mass is 10.1. The molecule has 0 spiro atoms. The minimum atomic E-state index is -3.89. The van der Waals surface area contributed by atoms with E-state index in [0.29, 0.717) is 12.1 Å². The topological polar surface area (TPSA) is 98.8 Å². The number of cyclic esters (lactones) is 1. The maximum absolute atomic E-state index is 12.7. The molecule has 0 radical (unpaired) electrons. The van der Waals surface area contributed by atoms with Crippen molar-refractivity contribution >= 4 is 27.6 Å². The van der Waals surface area contributed by atoms with Gasteiger partial charge >= 0.3 is 11.9 Å². The Hall–Kier alpha value is -2.87. The maximum atomic E-state index is 12.7. The number of benzene rings is 2. The van der Waals surface area contributed by atoms with Crippen LogP contribution >= 0.6 is 0 Å². The molecule has 1 aliphatic rings. The zero-order valence-electron chi connectivity index (χ0n) is 16.1. The van der Waals surface area contributed by atoms with Crippen molar-refractivity contribution in [2.45, 2.75) is 43.6 Å². The highest BCUT2D eigenvalue weighted by molar-refractivity contribution is 7.92. The summed E-state index contributed by atoms with van der Waals surface area (Å²) in [4.78, 5) is 23.6. The minimum Gasteiger partial charge on any atom is -0.463 e. The molecule has 1 aliphatic heterocycles. The van der Waals surface area contributed by atoms with E-state index >= 15 is 0 Å². The van der Waals surface area contributed by atoms with Gasteiger partial charge in [-0.05, 0) is 48.7 Å². The molecule has 2 aromatic carbocycles. The molecule has 7 nitrogen and oxygen atoms in total. The number of carbonyl (C=O) groups excluding carboxylic acids is 2. The van der Waals surface area contributed by atoms with Crippen LogP contribution in [0.4, 0.5) is 5.69 Å². The van der Waals surface area contributed by atoms with Crippen LogP contribution < -0.4 is 4.72 Å². The molecule has 0 saturated carbocycles. The van der Waals surface area contributed by atoms with Gasteiger partial charge in [0.25, 0.3) is 10.0 Å². The van der Waals surface area contributed by atoms with Gasteiger partial charge in [-0.2, -0.15) is 0 Å². The Balaban J connectivity index is 1.71. The normalized spacial score (nSPS) is 16.3. The van der Waals surface area contributed by atoms with Crippen molar-refractivity contribution in [3.63, 3.8) is 0 Å². The van der Waals surface area contributed by atoms with Crippen LogP contribution in [0.5, 0.6) is 0 Å². The van der Waals surface area contributed by atoms with Crippen LogP contribution in [-0.2, 0) is 30.7 Å². The van der Waals surface area contributed by atoms with Gasteiger partial charge < -0.3 is 9.47 Å². The van der Waals surface area contributed by atoms with Gasteiger partial charge in [0.15, 0.2) is 0 Å². The maximum Gasteiger partial charge on any atom is 0.347 e. The smallest absolute Gasteiger partial charge is 0.347 e. The number of carbonyl (C=O) groups is 2.